The number of aromatic nitrogens is 1. The Kier molecular flexibility index (Phi) is 5.75. The molecule has 36 heavy (non-hydrogen) atoms. The van der Waals surface area contributed by atoms with Gasteiger partial charge in [-0.1, -0.05) is 42.5 Å². The second-order valence-corrected chi connectivity index (χ2v) is 10.8. The van der Waals surface area contributed by atoms with Gasteiger partial charge in [-0.25, -0.2) is 4.79 Å². The highest BCUT2D eigenvalue weighted by Crippen LogP contribution is 2.60. The van der Waals surface area contributed by atoms with Crippen molar-refractivity contribution >= 4 is 23.6 Å². The summed E-state index contributed by atoms with van der Waals surface area (Å²) in [5.74, 6) is 0.914. The molecule has 0 radical (unpaired) electrons. The second kappa shape index (κ2) is 9.09. The Balaban J connectivity index is 1.25. The Morgan fingerprint density at radius 3 is 2.67 bits per heavy atom. The average Bonchev–Trinajstić information content (AvgIpc) is 3.37. The highest BCUT2D eigenvalue weighted by atomic mass is 16.5. The summed E-state index contributed by atoms with van der Waals surface area (Å²) in [6.45, 7) is 0.273. The van der Waals surface area contributed by atoms with Crippen LogP contribution in [0.15, 0.2) is 42.6 Å². The molecule has 7 heteroatoms. The van der Waals surface area contributed by atoms with Crippen LogP contribution in [0.25, 0.3) is 6.08 Å². The zero-order valence-electron chi connectivity index (χ0n) is 20.2. The van der Waals surface area contributed by atoms with Crippen LogP contribution in [0.1, 0.15) is 59.3 Å². The van der Waals surface area contributed by atoms with Gasteiger partial charge in [0.05, 0.1) is 22.9 Å². The highest BCUT2D eigenvalue weighted by Gasteiger charge is 2.58. The molecule has 1 amide bonds. The minimum atomic E-state index is -0.381. The van der Waals surface area contributed by atoms with Crippen LogP contribution in [0.3, 0.4) is 0 Å². The topological polar surface area (TPSA) is 104 Å². The lowest BCUT2D eigenvalue weighted by atomic mass is 9.47. The maximum Gasteiger partial charge on any atom is 0.342 e. The summed E-state index contributed by atoms with van der Waals surface area (Å²) in [4.78, 5) is 30.8. The van der Waals surface area contributed by atoms with Gasteiger partial charge in [-0.05, 0) is 55.4 Å². The van der Waals surface area contributed by atoms with Gasteiger partial charge in [-0.2, -0.15) is 5.26 Å². The van der Waals surface area contributed by atoms with E-state index in [-0.39, 0.29) is 36.5 Å². The number of ether oxygens (including phenoxy) is 1. The Morgan fingerprint density at radius 1 is 1.14 bits per heavy atom. The largest absolute Gasteiger partial charge is 0.457 e. The van der Waals surface area contributed by atoms with Crippen LogP contribution in [-0.2, 0) is 22.6 Å². The summed E-state index contributed by atoms with van der Waals surface area (Å²) in [5, 5.41) is 15.6. The fourth-order valence-electron chi connectivity index (χ4n) is 7.32. The molecule has 0 spiro atoms. The van der Waals surface area contributed by atoms with Crippen LogP contribution in [0, 0.1) is 34.5 Å². The normalized spacial score (nSPS) is 28.9. The summed E-state index contributed by atoms with van der Waals surface area (Å²) in [6, 6.07) is 11.9. The van der Waals surface area contributed by atoms with Crippen LogP contribution >= 0.6 is 0 Å². The Hall–Kier alpha value is -3.66. The number of anilines is 1. The van der Waals surface area contributed by atoms with E-state index in [0.717, 1.165) is 61.0 Å². The molecule has 2 aromatic rings. The van der Waals surface area contributed by atoms with E-state index in [9.17, 15) is 9.59 Å². The molecule has 1 aromatic heterocycles. The Morgan fingerprint density at radius 2 is 1.92 bits per heavy atom. The first-order valence-corrected chi connectivity index (χ1v) is 12.9. The van der Waals surface area contributed by atoms with Gasteiger partial charge < -0.3 is 15.4 Å². The molecule has 4 fully saturated rings. The Labute approximate surface area is 210 Å². The number of allylic oxidation sites excluding steroid dienone is 1. The number of carbonyl (C=O) groups is 2. The summed E-state index contributed by atoms with van der Waals surface area (Å²) < 4.78 is 5.68. The van der Waals surface area contributed by atoms with Gasteiger partial charge in [0, 0.05) is 24.2 Å². The molecule has 0 saturated heterocycles. The summed E-state index contributed by atoms with van der Waals surface area (Å²) >= 11 is 0. The molecule has 0 aliphatic heterocycles. The summed E-state index contributed by atoms with van der Waals surface area (Å²) in [6.07, 6.45) is 11.3. The summed E-state index contributed by atoms with van der Waals surface area (Å²) in [5.41, 5.74) is 3.80. The molecule has 2 atom stereocenters. The molecule has 5 aliphatic rings. The SMILES string of the molecule is N#CCNC(=O)C12CC3CC(C1)C(Nc1c(C(=O)OCc4ccccc4)cnc4c1C=CC4)C(C3)C2. The van der Waals surface area contributed by atoms with E-state index in [1.165, 1.54) is 0 Å². The first kappa shape index (κ1) is 22.8. The number of amides is 1. The van der Waals surface area contributed by atoms with Gasteiger partial charge >= 0.3 is 5.97 Å². The molecule has 7 nitrogen and oxygen atoms in total. The van der Waals surface area contributed by atoms with Crippen molar-refractivity contribution in [1.82, 2.24) is 10.3 Å². The van der Waals surface area contributed by atoms with E-state index in [4.69, 9.17) is 10.00 Å². The standard InChI is InChI=1S/C29H30N4O3/c30-9-10-31-28(35)29-13-19-11-20(14-29)25(21(12-19)15-29)33-26-22-7-4-8-24(22)32-16-23(26)27(34)36-17-18-5-2-1-3-6-18/h1-7,16,19-21,25H,8,10-15,17H2,(H,31,35)(H,32,33). The van der Waals surface area contributed by atoms with Crippen LogP contribution in [0.2, 0.25) is 0 Å². The van der Waals surface area contributed by atoms with Crippen molar-refractivity contribution in [2.24, 2.45) is 23.2 Å². The number of carbonyl (C=O) groups excluding carboxylic acids is 2. The number of pyridine rings is 1. The van der Waals surface area contributed by atoms with Crippen LogP contribution in [0.4, 0.5) is 5.69 Å². The third kappa shape index (κ3) is 3.95. The van der Waals surface area contributed by atoms with Crippen LogP contribution in [-0.4, -0.2) is 29.4 Å². The predicted octanol–water partition coefficient (Wildman–Crippen LogP) is 4.25. The molecule has 1 aromatic carbocycles. The van der Waals surface area contributed by atoms with E-state index < -0.39 is 0 Å². The van der Waals surface area contributed by atoms with Crippen molar-refractivity contribution in [3.8, 4) is 6.07 Å². The molecular formula is C29H30N4O3. The second-order valence-electron chi connectivity index (χ2n) is 10.8. The van der Waals surface area contributed by atoms with E-state index in [2.05, 4.69) is 21.7 Å². The number of nitrogens with zero attached hydrogens (tertiary/aromatic N) is 2. The van der Waals surface area contributed by atoms with Gasteiger partial charge in [0.25, 0.3) is 0 Å². The van der Waals surface area contributed by atoms with Crippen molar-refractivity contribution in [2.75, 3.05) is 11.9 Å². The van der Waals surface area contributed by atoms with Crippen LogP contribution < -0.4 is 10.6 Å². The van der Waals surface area contributed by atoms with E-state index in [1.807, 2.05) is 42.5 Å². The fourth-order valence-corrected chi connectivity index (χ4v) is 7.32. The lowest BCUT2D eigenvalue weighted by Gasteiger charge is -2.59. The first-order chi connectivity index (χ1) is 17.6. The smallest absolute Gasteiger partial charge is 0.342 e. The third-order valence-corrected chi connectivity index (χ3v) is 8.62. The minimum Gasteiger partial charge on any atom is -0.457 e. The molecule has 2 N–H and O–H groups in total. The van der Waals surface area contributed by atoms with E-state index in [0.29, 0.717) is 23.3 Å². The quantitative estimate of drug-likeness (QED) is 0.452. The molecule has 7 rings (SSSR count). The van der Waals surface area contributed by atoms with E-state index in [1.54, 1.807) is 6.20 Å². The van der Waals surface area contributed by atoms with Gasteiger partial charge in [0.15, 0.2) is 0 Å². The maximum absolute atomic E-state index is 13.2. The maximum atomic E-state index is 13.2. The molecule has 1 heterocycles. The minimum absolute atomic E-state index is 0.0415. The number of hydrogen-bond donors (Lipinski definition) is 2. The van der Waals surface area contributed by atoms with Crippen molar-refractivity contribution < 1.29 is 14.3 Å². The molecule has 5 aliphatic carbocycles. The van der Waals surface area contributed by atoms with Gasteiger partial charge in [0.1, 0.15) is 18.7 Å². The van der Waals surface area contributed by atoms with Gasteiger partial charge in [0.2, 0.25) is 5.91 Å². The Bertz CT molecular complexity index is 1250. The van der Waals surface area contributed by atoms with Crippen molar-refractivity contribution in [3.05, 3.63) is 65.0 Å². The van der Waals surface area contributed by atoms with E-state index >= 15 is 0 Å². The number of fused-ring (bicyclic) bond motifs is 1. The lowest BCUT2D eigenvalue weighted by molar-refractivity contribution is -0.147. The number of rotatable bonds is 7. The third-order valence-electron chi connectivity index (χ3n) is 8.62. The number of nitrogens with one attached hydrogen (secondary N) is 2. The molecular weight excluding hydrogens is 452 g/mol. The average molecular weight is 483 g/mol. The van der Waals surface area contributed by atoms with Crippen LogP contribution in [0.5, 0.6) is 0 Å². The predicted molar refractivity (Wildman–Crippen MR) is 135 cm³/mol. The molecule has 4 bridgehead atoms. The summed E-state index contributed by atoms with van der Waals surface area (Å²) in [7, 11) is 0. The van der Waals surface area contributed by atoms with Crippen molar-refractivity contribution in [1.29, 1.82) is 5.26 Å². The molecule has 2 unspecified atom stereocenters. The number of benzene rings is 1. The first-order valence-electron chi connectivity index (χ1n) is 12.9. The van der Waals surface area contributed by atoms with Gasteiger partial charge in [-0.3, -0.25) is 9.78 Å². The number of nitriles is 1. The van der Waals surface area contributed by atoms with Gasteiger partial charge in [-0.15, -0.1) is 0 Å². The number of hydrogen-bond acceptors (Lipinski definition) is 6. The highest BCUT2D eigenvalue weighted by molar-refractivity contribution is 5.98. The van der Waals surface area contributed by atoms with Crippen molar-refractivity contribution in [3.63, 3.8) is 0 Å². The lowest BCUT2D eigenvalue weighted by Crippen LogP contribution is -2.60. The molecule has 4 saturated carbocycles. The zero-order valence-corrected chi connectivity index (χ0v) is 20.2. The monoisotopic (exact) mass is 482 g/mol. The fraction of sp³-hybridized carbons (Fsp3) is 0.448. The molecule has 184 valence electrons. The zero-order chi connectivity index (χ0) is 24.7. The number of esters is 1. The van der Waals surface area contributed by atoms with Crippen molar-refractivity contribution in [2.45, 2.75) is 51.2 Å².